The number of hydrogen-bond donors (Lipinski definition) is 1. The standard InChI is InChI=1S/C15H14BrF3N2O/c1-15(18,19)12-3-2-11(17)6-9(12)4-5-22-13-7-10(16)8-21-14(13)20/h2-3,6-8H,4-5H2,1H3,(H2,20,21). The predicted molar refractivity (Wildman–Crippen MR) is 81.5 cm³/mol. The van der Waals surface area contributed by atoms with E-state index in [0.717, 1.165) is 25.1 Å². The molecular formula is C15H14BrF3N2O. The highest BCUT2D eigenvalue weighted by atomic mass is 79.9. The minimum absolute atomic E-state index is 0.0782. The minimum atomic E-state index is -3.04. The fourth-order valence-electron chi connectivity index (χ4n) is 2.02. The van der Waals surface area contributed by atoms with Gasteiger partial charge in [-0.3, -0.25) is 0 Å². The van der Waals surface area contributed by atoms with E-state index >= 15 is 0 Å². The lowest BCUT2D eigenvalue weighted by Crippen LogP contribution is -2.13. The number of halogens is 4. The van der Waals surface area contributed by atoms with E-state index in [1.54, 1.807) is 6.07 Å². The molecule has 0 atom stereocenters. The monoisotopic (exact) mass is 374 g/mol. The topological polar surface area (TPSA) is 48.1 Å². The van der Waals surface area contributed by atoms with Crippen LogP contribution in [0.3, 0.4) is 0 Å². The van der Waals surface area contributed by atoms with Crippen molar-refractivity contribution in [3.63, 3.8) is 0 Å². The molecule has 0 radical (unpaired) electrons. The summed E-state index contributed by atoms with van der Waals surface area (Å²) in [7, 11) is 0. The van der Waals surface area contributed by atoms with Gasteiger partial charge in [-0.05, 0) is 45.8 Å². The molecule has 0 saturated heterocycles. The van der Waals surface area contributed by atoms with E-state index in [-0.39, 0.29) is 30.0 Å². The zero-order valence-electron chi connectivity index (χ0n) is 11.7. The van der Waals surface area contributed by atoms with Crippen molar-refractivity contribution in [1.29, 1.82) is 0 Å². The number of anilines is 1. The molecule has 1 aromatic carbocycles. The van der Waals surface area contributed by atoms with Gasteiger partial charge in [-0.2, -0.15) is 0 Å². The maximum atomic E-state index is 13.5. The maximum absolute atomic E-state index is 13.5. The van der Waals surface area contributed by atoms with Crippen LogP contribution in [0.1, 0.15) is 18.1 Å². The number of alkyl halides is 2. The third-order valence-electron chi connectivity index (χ3n) is 3.02. The Morgan fingerprint density at radius 2 is 2.05 bits per heavy atom. The fraction of sp³-hybridized carbons (Fsp3) is 0.267. The number of aromatic nitrogens is 1. The molecule has 0 aliphatic rings. The number of rotatable bonds is 5. The summed E-state index contributed by atoms with van der Waals surface area (Å²) in [5.41, 5.74) is 5.65. The maximum Gasteiger partial charge on any atom is 0.270 e. The van der Waals surface area contributed by atoms with Crippen LogP contribution in [-0.2, 0) is 12.3 Å². The van der Waals surface area contributed by atoms with Crippen molar-refractivity contribution in [2.45, 2.75) is 19.3 Å². The smallest absolute Gasteiger partial charge is 0.270 e. The second-order valence-corrected chi connectivity index (χ2v) is 5.74. The van der Waals surface area contributed by atoms with E-state index in [4.69, 9.17) is 10.5 Å². The number of nitrogen functional groups attached to an aromatic ring is 1. The Kier molecular flexibility index (Phi) is 4.95. The first-order chi connectivity index (χ1) is 10.3. The van der Waals surface area contributed by atoms with E-state index in [9.17, 15) is 13.2 Å². The number of pyridine rings is 1. The molecule has 0 aliphatic carbocycles. The van der Waals surface area contributed by atoms with Gasteiger partial charge < -0.3 is 10.5 Å². The van der Waals surface area contributed by atoms with Crippen molar-refractivity contribution in [3.05, 3.63) is 51.9 Å². The number of nitrogens with zero attached hydrogens (tertiary/aromatic N) is 1. The summed E-state index contributed by atoms with van der Waals surface area (Å²) in [5, 5.41) is 0. The van der Waals surface area contributed by atoms with E-state index in [0.29, 0.717) is 10.2 Å². The number of ether oxygens (including phenoxy) is 1. The van der Waals surface area contributed by atoms with Crippen LogP contribution in [0.25, 0.3) is 0 Å². The van der Waals surface area contributed by atoms with Gasteiger partial charge in [0.15, 0.2) is 11.6 Å². The summed E-state index contributed by atoms with van der Waals surface area (Å²) < 4.78 is 46.4. The first-order valence-corrected chi connectivity index (χ1v) is 7.27. The van der Waals surface area contributed by atoms with E-state index < -0.39 is 11.7 Å². The average molecular weight is 375 g/mol. The van der Waals surface area contributed by atoms with E-state index in [1.165, 1.54) is 6.20 Å². The Labute approximate surface area is 134 Å². The van der Waals surface area contributed by atoms with Crippen molar-refractivity contribution in [1.82, 2.24) is 4.98 Å². The molecule has 0 unspecified atom stereocenters. The fourth-order valence-corrected chi connectivity index (χ4v) is 2.33. The summed E-state index contributed by atoms with van der Waals surface area (Å²) >= 11 is 3.23. The van der Waals surface area contributed by atoms with Crippen molar-refractivity contribution in [2.24, 2.45) is 0 Å². The van der Waals surface area contributed by atoms with Crippen LogP contribution in [0.2, 0.25) is 0 Å². The second kappa shape index (κ2) is 6.56. The van der Waals surface area contributed by atoms with Gasteiger partial charge >= 0.3 is 0 Å². The predicted octanol–water partition coefficient (Wildman–Crippen LogP) is 4.30. The van der Waals surface area contributed by atoms with Gasteiger partial charge in [0, 0.05) is 29.6 Å². The largest absolute Gasteiger partial charge is 0.489 e. The Morgan fingerprint density at radius 3 is 2.73 bits per heavy atom. The molecule has 0 spiro atoms. The van der Waals surface area contributed by atoms with E-state index in [1.807, 2.05) is 0 Å². The molecular weight excluding hydrogens is 361 g/mol. The zero-order chi connectivity index (χ0) is 16.3. The second-order valence-electron chi connectivity index (χ2n) is 4.83. The third-order valence-corrected chi connectivity index (χ3v) is 3.45. The highest BCUT2D eigenvalue weighted by molar-refractivity contribution is 9.10. The Bertz CT molecular complexity index is 674. The van der Waals surface area contributed by atoms with Crippen LogP contribution in [0, 0.1) is 5.82 Å². The Morgan fingerprint density at radius 1 is 1.32 bits per heavy atom. The van der Waals surface area contributed by atoms with Crippen molar-refractivity contribution in [2.75, 3.05) is 12.3 Å². The molecule has 2 aromatic rings. The molecule has 2 N–H and O–H groups in total. The minimum Gasteiger partial charge on any atom is -0.489 e. The molecule has 2 rings (SSSR count). The van der Waals surface area contributed by atoms with Crippen LogP contribution in [0.4, 0.5) is 19.0 Å². The summed E-state index contributed by atoms with van der Waals surface area (Å²) in [5.74, 6) is -3.06. The van der Waals surface area contributed by atoms with Crippen molar-refractivity contribution >= 4 is 21.7 Å². The lowest BCUT2D eigenvalue weighted by atomic mass is 10.00. The highest BCUT2D eigenvalue weighted by Crippen LogP contribution is 2.31. The van der Waals surface area contributed by atoms with Gasteiger partial charge in [-0.15, -0.1) is 0 Å². The average Bonchev–Trinajstić information content (AvgIpc) is 2.41. The first kappa shape index (κ1) is 16.6. The van der Waals surface area contributed by atoms with E-state index in [2.05, 4.69) is 20.9 Å². The van der Waals surface area contributed by atoms with Gasteiger partial charge in [0.25, 0.3) is 5.92 Å². The quantitative estimate of drug-likeness (QED) is 0.848. The van der Waals surface area contributed by atoms with Crippen molar-refractivity contribution in [3.8, 4) is 5.75 Å². The van der Waals surface area contributed by atoms with Crippen LogP contribution < -0.4 is 10.5 Å². The van der Waals surface area contributed by atoms with Crippen LogP contribution in [-0.4, -0.2) is 11.6 Å². The van der Waals surface area contributed by atoms with Crippen molar-refractivity contribution < 1.29 is 17.9 Å². The normalized spacial score (nSPS) is 11.5. The van der Waals surface area contributed by atoms with Gasteiger partial charge in [-0.1, -0.05) is 0 Å². The van der Waals surface area contributed by atoms with Crippen LogP contribution in [0.5, 0.6) is 5.75 Å². The molecule has 1 heterocycles. The summed E-state index contributed by atoms with van der Waals surface area (Å²) in [6, 6.07) is 4.84. The molecule has 0 aliphatic heterocycles. The van der Waals surface area contributed by atoms with Crippen LogP contribution in [0.15, 0.2) is 34.9 Å². The summed E-state index contributed by atoms with van der Waals surface area (Å²) in [6.07, 6.45) is 1.65. The lowest BCUT2D eigenvalue weighted by Gasteiger charge is -2.16. The molecule has 22 heavy (non-hydrogen) atoms. The molecule has 118 valence electrons. The summed E-state index contributed by atoms with van der Waals surface area (Å²) in [6.45, 7) is 0.857. The highest BCUT2D eigenvalue weighted by Gasteiger charge is 2.27. The third kappa shape index (κ3) is 4.13. The zero-order valence-corrected chi connectivity index (χ0v) is 13.3. The summed E-state index contributed by atoms with van der Waals surface area (Å²) in [4.78, 5) is 3.90. The number of benzene rings is 1. The molecule has 3 nitrogen and oxygen atoms in total. The van der Waals surface area contributed by atoms with Gasteiger partial charge in [0.1, 0.15) is 5.82 Å². The molecule has 0 saturated carbocycles. The van der Waals surface area contributed by atoms with Gasteiger partial charge in [0.05, 0.1) is 6.61 Å². The lowest BCUT2D eigenvalue weighted by molar-refractivity contribution is 0.0163. The number of hydrogen-bond acceptors (Lipinski definition) is 3. The molecule has 0 amide bonds. The first-order valence-electron chi connectivity index (χ1n) is 6.48. The Balaban J connectivity index is 2.12. The Hall–Kier alpha value is -1.76. The van der Waals surface area contributed by atoms with Gasteiger partial charge in [-0.25, -0.2) is 18.2 Å². The molecule has 7 heteroatoms. The van der Waals surface area contributed by atoms with Crippen LogP contribution >= 0.6 is 15.9 Å². The number of nitrogens with two attached hydrogens (primary N) is 1. The molecule has 1 aromatic heterocycles. The molecule has 0 bridgehead atoms. The SMILES string of the molecule is CC(F)(F)c1ccc(F)cc1CCOc1cc(Br)cnc1N. The molecule has 0 fully saturated rings. The van der Waals surface area contributed by atoms with Gasteiger partial charge in [0.2, 0.25) is 0 Å².